The molecular weight excluding hydrogens is 100 g/mol. The predicted molar refractivity (Wildman–Crippen MR) is 32.5 cm³/mol. The molecule has 44 valence electrons. The largest absolute Gasteiger partial charge is 0.316 e. The first-order valence-electron chi connectivity index (χ1n) is 2.99. The molecule has 0 radical (unpaired) electrons. The van der Waals surface area contributed by atoms with E-state index in [2.05, 4.69) is 9.74 Å². The van der Waals surface area contributed by atoms with Crippen molar-refractivity contribution in [3.63, 3.8) is 0 Å². The topological polar surface area (TPSA) is 7.60 Å². The minimum atomic E-state index is 0.681. The van der Waals surface area contributed by atoms with Gasteiger partial charge in [0, 0.05) is 0 Å². The summed E-state index contributed by atoms with van der Waals surface area (Å²) in [4.78, 5) is 5.57. The Balaban J connectivity index is 1.95. The molecule has 1 rings (SSSR count). The van der Waals surface area contributed by atoms with Crippen molar-refractivity contribution in [2.45, 2.75) is 6.42 Å². The quantitative estimate of drug-likeness (QED) is 0.473. The molecule has 1 aliphatic heterocycles. The number of rotatable bonds is 2. The fraction of sp³-hybridized carbons (Fsp3) is 0.833. The van der Waals surface area contributed by atoms with Crippen LogP contribution in [0.5, 0.6) is 0 Å². The Morgan fingerprint density at radius 1 is 1.50 bits per heavy atom. The fourth-order valence-corrected chi connectivity index (χ4v) is 0.797. The molecule has 0 atom stereocenters. The van der Waals surface area contributed by atoms with Gasteiger partial charge in [0.15, 0.2) is 0 Å². The molecule has 0 aromatic heterocycles. The molecule has 2 nitrogen and oxygen atoms in total. The average molecular weight is 110 g/mol. The Kier molecular flexibility index (Phi) is 1.87. The van der Waals surface area contributed by atoms with Crippen LogP contribution >= 0.6 is 0 Å². The molecule has 0 unspecified atom stereocenters. The van der Waals surface area contributed by atoms with Crippen LogP contribution in [-0.4, -0.2) is 31.1 Å². The van der Waals surface area contributed by atoms with Gasteiger partial charge in [0.2, 0.25) is 6.54 Å². The highest BCUT2D eigenvalue weighted by molar-refractivity contribution is 4.72. The van der Waals surface area contributed by atoms with Crippen molar-refractivity contribution < 1.29 is 0 Å². The van der Waals surface area contributed by atoms with Gasteiger partial charge in [-0.05, 0) is 19.5 Å². The molecule has 0 aliphatic carbocycles. The van der Waals surface area contributed by atoms with E-state index in [0.29, 0.717) is 6.54 Å². The van der Waals surface area contributed by atoms with Crippen LogP contribution in [0.15, 0.2) is 0 Å². The van der Waals surface area contributed by atoms with Gasteiger partial charge in [-0.2, -0.15) is 0 Å². The second kappa shape index (κ2) is 2.68. The van der Waals surface area contributed by atoms with Crippen molar-refractivity contribution in [3.8, 4) is 0 Å². The third-order valence-corrected chi connectivity index (χ3v) is 1.48. The lowest BCUT2D eigenvalue weighted by Gasteiger charge is -2.28. The maximum Gasteiger partial charge on any atom is 0.227 e. The lowest BCUT2D eigenvalue weighted by Crippen LogP contribution is -2.38. The van der Waals surface area contributed by atoms with Gasteiger partial charge in [-0.15, -0.1) is 0 Å². The van der Waals surface area contributed by atoms with E-state index < -0.39 is 0 Å². The zero-order valence-electron chi connectivity index (χ0n) is 4.93. The Bertz CT molecular complexity index is 99.6. The molecule has 0 amide bonds. The Hall–Kier alpha value is -0.550. The Morgan fingerprint density at radius 2 is 2.25 bits per heavy atom. The summed E-state index contributed by atoms with van der Waals surface area (Å²) in [6.45, 7) is 10.6. The third kappa shape index (κ3) is 1.21. The predicted octanol–water partition coefficient (Wildman–Crippen LogP) is 0.611. The van der Waals surface area contributed by atoms with Gasteiger partial charge in [-0.3, -0.25) is 4.90 Å². The van der Waals surface area contributed by atoms with Gasteiger partial charge < -0.3 is 4.85 Å². The molecule has 2 heteroatoms. The first-order valence-corrected chi connectivity index (χ1v) is 2.99. The van der Waals surface area contributed by atoms with Gasteiger partial charge in [0.1, 0.15) is 0 Å². The van der Waals surface area contributed by atoms with Crippen molar-refractivity contribution in [1.29, 1.82) is 0 Å². The summed E-state index contributed by atoms with van der Waals surface area (Å²) in [6, 6.07) is 0. The van der Waals surface area contributed by atoms with Gasteiger partial charge in [-0.25, -0.2) is 6.57 Å². The normalized spacial score (nSPS) is 19.4. The Morgan fingerprint density at radius 3 is 2.62 bits per heavy atom. The second-order valence-electron chi connectivity index (χ2n) is 2.08. The van der Waals surface area contributed by atoms with Gasteiger partial charge in [0.25, 0.3) is 0 Å². The zero-order chi connectivity index (χ0) is 5.82. The van der Waals surface area contributed by atoms with Crippen molar-refractivity contribution in [1.82, 2.24) is 4.90 Å². The molecular formula is C6H10N2. The van der Waals surface area contributed by atoms with Crippen LogP contribution in [0.1, 0.15) is 6.42 Å². The molecule has 0 saturated carbocycles. The van der Waals surface area contributed by atoms with E-state index in [-0.39, 0.29) is 0 Å². The Labute approximate surface area is 49.9 Å². The van der Waals surface area contributed by atoms with Crippen LogP contribution < -0.4 is 0 Å². The molecule has 8 heavy (non-hydrogen) atoms. The average Bonchev–Trinajstić information content (AvgIpc) is 1.63. The molecule has 1 aliphatic rings. The first-order chi connectivity index (χ1) is 3.93. The van der Waals surface area contributed by atoms with E-state index in [1.807, 2.05) is 0 Å². The molecule has 0 spiro atoms. The van der Waals surface area contributed by atoms with Crippen LogP contribution in [0, 0.1) is 6.57 Å². The summed E-state index contributed by atoms with van der Waals surface area (Å²) in [5, 5.41) is 0. The number of hydrogen-bond donors (Lipinski definition) is 0. The lowest BCUT2D eigenvalue weighted by atomic mass is 10.2. The van der Waals surface area contributed by atoms with Gasteiger partial charge in [-0.1, -0.05) is 0 Å². The SMILES string of the molecule is [C-]#[N+]CCN1CCC1. The van der Waals surface area contributed by atoms with E-state index in [9.17, 15) is 0 Å². The van der Waals surface area contributed by atoms with Gasteiger partial charge >= 0.3 is 0 Å². The van der Waals surface area contributed by atoms with Crippen LogP contribution in [-0.2, 0) is 0 Å². The van der Waals surface area contributed by atoms with E-state index in [4.69, 9.17) is 6.57 Å². The summed E-state index contributed by atoms with van der Waals surface area (Å²) < 4.78 is 0. The highest BCUT2D eigenvalue weighted by Crippen LogP contribution is 2.03. The summed E-state index contributed by atoms with van der Waals surface area (Å²) in [5.41, 5.74) is 0. The minimum absolute atomic E-state index is 0.681. The standard InChI is InChI=1S/C6H10N2/c1-7-3-6-8-4-2-5-8/h2-6H2. The molecule has 0 aromatic rings. The number of likely N-dealkylation sites (tertiary alicyclic amines) is 1. The fourth-order valence-electron chi connectivity index (χ4n) is 0.797. The second-order valence-corrected chi connectivity index (χ2v) is 2.08. The van der Waals surface area contributed by atoms with Crippen molar-refractivity contribution in [2.75, 3.05) is 26.2 Å². The highest BCUT2D eigenvalue weighted by Gasteiger charge is 2.12. The van der Waals surface area contributed by atoms with Crippen LogP contribution in [0.4, 0.5) is 0 Å². The first kappa shape index (κ1) is 5.58. The van der Waals surface area contributed by atoms with Crippen molar-refractivity contribution in [3.05, 3.63) is 11.4 Å². The maximum absolute atomic E-state index is 6.49. The molecule has 1 saturated heterocycles. The summed E-state index contributed by atoms with van der Waals surface area (Å²) in [7, 11) is 0. The van der Waals surface area contributed by atoms with E-state index in [0.717, 1.165) is 6.54 Å². The molecule has 1 heterocycles. The van der Waals surface area contributed by atoms with Crippen LogP contribution in [0.25, 0.3) is 4.85 Å². The smallest absolute Gasteiger partial charge is 0.227 e. The molecule has 0 N–H and O–H groups in total. The third-order valence-electron chi connectivity index (χ3n) is 1.48. The van der Waals surface area contributed by atoms with Crippen LogP contribution in [0.3, 0.4) is 0 Å². The summed E-state index contributed by atoms with van der Waals surface area (Å²) >= 11 is 0. The van der Waals surface area contributed by atoms with E-state index in [1.54, 1.807) is 0 Å². The molecule has 0 aromatic carbocycles. The maximum atomic E-state index is 6.49. The van der Waals surface area contributed by atoms with Crippen LogP contribution in [0.2, 0.25) is 0 Å². The van der Waals surface area contributed by atoms with Crippen molar-refractivity contribution >= 4 is 0 Å². The number of hydrogen-bond acceptors (Lipinski definition) is 1. The lowest BCUT2D eigenvalue weighted by molar-refractivity contribution is 0.191. The zero-order valence-corrected chi connectivity index (χ0v) is 4.93. The minimum Gasteiger partial charge on any atom is -0.316 e. The van der Waals surface area contributed by atoms with Crippen molar-refractivity contribution in [2.24, 2.45) is 0 Å². The molecule has 0 bridgehead atoms. The number of nitrogens with zero attached hydrogens (tertiary/aromatic N) is 2. The van der Waals surface area contributed by atoms with E-state index in [1.165, 1.54) is 19.5 Å². The molecule has 1 fully saturated rings. The monoisotopic (exact) mass is 110 g/mol. The highest BCUT2D eigenvalue weighted by atomic mass is 15.2. The van der Waals surface area contributed by atoms with Gasteiger partial charge in [0.05, 0.1) is 6.54 Å². The summed E-state index contributed by atoms with van der Waals surface area (Å²) in [6.07, 6.45) is 1.33. The summed E-state index contributed by atoms with van der Waals surface area (Å²) in [5.74, 6) is 0. The van der Waals surface area contributed by atoms with E-state index >= 15 is 0 Å².